The summed E-state index contributed by atoms with van der Waals surface area (Å²) in [4.78, 5) is 2.37. The Kier molecular flexibility index (Phi) is 6.81. The monoisotopic (exact) mass is 347 g/mol. The highest BCUT2D eigenvalue weighted by Gasteiger charge is 2.44. The number of nitrogens with zero attached hydrogens (tertiary/aromatic N) is 2. The van der Waals surface area contributed by atoms with Crippen molar-refractivity contribution in [3.8, 4) is 0 Å². The lowest BCUT2D eigenvalue weighted by Gasteiger charge is -2.35. The number of aliphatic hydroxyl groups excluding tert-OH is 1. The van der Waals surface area contributed by atoms with Crippen LogP contribution in [0.5, 0.6) is 0 Å². The van der Waals surface area contributed by atoms with Gasteiger partial charge in [0.2, 0.25) is 0 Å². The summed E-state index contributed by atoms with van der Waals surface area (Å²) in [5, 5.41) is 9.72. The number of nitrogens with two attached hydrogens (primary N) is 1. The lowest BCUT2D eigenvalue weighted by molar-refractivity contribution is -0.919. The Balaban J connectivity index is 0.00000121. The molecule has 126 valence electrons. The summed E-state index contributed by atoms with van der Waals surface area (Å²) in [6, 6.07) is 8.94. The van der Waals surface area contributed by atoms with E-state index in [1.54, 1.807) is 0 Å². The van der Waals surface area contributed by atoms with Crippen LogP contribution >= 0.6 is 12.4 Å². The number of halogens is 2. The Morgan fingerprint density at radius 2 is 1.82 bits per heavy atom. The van der Waals surface area contributed by atoms with Crippen LogP contribution in [0.1, 0.15) is 19.3 Å². The van der Waals surface area contributed by atoms with Crippen molar-refractivity contribution in [3.05, 3.63) is 24.3 Å². The average Bonchev–Trinajstić information content (AvgIpc) is 3.07. The van der Waals surface area contributed by atoms with Gasteiger partial charge in [0.1, 0.15) is 6.04 Å². The van der Waals surface area contributed by atoms with Gasteiger partial charge in [-0.3, -0.25) is 0 Å². The zero-order valence-electron chi connectivity index (χ0n) is 13.1. The molecular weight excluding hydrogens is 321 g/mol. The van der Waals surface area contributed by atoms with E-state index in [-0.39, 0.29) is 37.5 Å². The van der Waals surface area contributed by atoms with Crippen molar-refractivity contribution in [2.75, 3.05) is 43.9 Å². The molecule has 0 aliphatic carbocycles. The van der Waals surface area contributed by atoms with Crippen LogP contribution in [0.2, 0.25) is 0 Å². The molecular formula is C16H27Cl2N3O. The molecule has 2 fully saturated rings. The number of quaternary nitrogens is 1. The highest BCUT2D eigenvalue weighted by Crippen LogP contribution is 2.33. The number of hydrogen-bond acceptors (Lipinski definition) is 3. The molecule has 1 aromatic rings. The molecule has 0 spiro atoms. The van der Waals surface area contributed by atoms with E-state index in [1.807, 2.05) is 12.1 Å². The largest absolute Gasteiger partial charge is 1.00 e. The number of likely N-dealkylation sites (N-methyl/N-ethyl adjacent to an activating group) is 1. The van der Waals surface area contributed by atoms with E-state index in [4.69, 9.17) is 5.73 Å². The van der Waals surface area contributed by atoms with E-state index in [0.717, 1.165) is 18.7 Å². The Labute approximate surface area is 145 Å². The molecule has 0 aromatic heterocycles. The molecule has 0 bridgehead atoms. The standard InChI is InChI=1S/C16H26N3O.2ClH/c1-19(8-2-3-9-19)16-10-15(12-20)18(11-16)14-6-4-13(17)5-7-14;;/h4-7,15-16,20H,2-3,8-12,17H2,1H3;2*1H/q+1;;/p-1. The van der Waals surface area contributed by atoms with Crippen LogP contribution in [0.25, 0.3) is 0 Å². The highest BCUT2D eigenvalue weighted by atomic mass is 35.5. The number of hydrogen-bond donors (Lipinski definition) is 2. The summed E-state index contributed by atoms with van der Waals surface area (Å²) in [5.41, 5.74) is 7.75. The second kappa shape index (κ2) is 7.73. The molecule has 4 nitrogen and oxygen atoms in total. The summed E-state index contributed by atoms with van der Waals surface area (Å²) in [6.45, 7) is 3.86. The molecule has 1 aromatic carbocycles. The maximum Gasteiger partial charge on any atom is 0.109 e. The summed E-state index contributed by atoms with van der Waals surface area (Å²) in [7, 11) is 2.39. The topological polar surface area (TPSA) is 49.5 Å². The zero-order chi connectivity index (χ0) is 14.2. The quantitative estimate of drug-likeness (QED) is 0.537. The highest BCUT2D eigenvalue weighted by molar-refractivity contribution is 5.85. The Hall–Kier alpha value is -0.680. The predicted octanol–water partition coefficient (Wildman–Crippen LogP) is -1.13. The van der Waals surface area contributed by atoms with Gasteiger partial charge in [0.25, 0.3) is 0 Å². The van der Waals surface area contributed by atoms with Gasteiger partial charge in [0.05, 0.1) is 39.3 Å². The summed E-state index contributed by atoms with van der Waals surface area (Å²) in [5.74, 6) is 0. The molecule has 6 heteroatoms. The first-order chi connectivity index (χ1) is 9.62. The van der Waals surface area contributed by atoms with Crippen LogP contribution in [-0.2, 0) is 0 Å². The molecule has 2 heterocycles. The van der Waals surface area contributed by atoms with Crippen LogP contribution in [0.4, 0.5) is 11.4 Å². The minimum Gasteiger partial charge on any atom is -1.00 e. The number of anilines is 2. The van der Waals surface area contributed by atoms with Gasteiger partial charge in [-0.25, -0.2) is 0 Å². The number of nitrogen functional groups attached to an aromatic ring is 1. The smallest absolute Gasteiger partial charge is 0.109 e. The molecule has 2 atom stereocenters. The van der Waals surface area contributed by atoms with Crippen LogP contribution in [-0.4, -0.2) is 55.0 Å². The molecule has 3 N–H and O–H groups in total. The normalized spacial score (nSPS) is 26.4. The lowest BCUT2D eigenvalue weighted by Crippen LogP contribution is -3.00. The first kappa shape index (κ1) is 19.4. The number of aliphatic hydroxyl groups is 1. The van der Waals surface area contributed by atoms with Gasteiger partial charge in [0, 0.05) is 30.6 Å². The lowest BCUT2D eigenvalue weighted by atomic mass is 10.1. The molecule has 2 saturated heterocycles. The minimum atomic E-state index is 0. The van der Waals surface area contributed by atoms with Gasteiger partial charge in [-0.05, 0) is 24.3 Å². The van der Waals surface area contributed by atoms with E-state index < -0.39 is 0 Å². The second-order valence-electron chi connectivity index (χ2n) is 6.60. The molecule has 3 rings (SSSR count). The summed E-state index contributed by atoms with van der Waals surface area (Å²) in [6.07, 6.45) is 3.79. The van der Waals surface area contributed by atoms with Crippen molar-refractivity contribution >= 4 is 23.8 Å². The SMILES string of the molecule is C[N+]1(C2CC(CO)N(c3ccc(N)cc3)C2)CCCC1.Cl.[Cl-]. The van der Waals surface area contributed by atoms with Crippen molar-refractivity contribution in [2.24, 2.45) is 0 Å². The fraction of sp³-hybridized carbons (Fsp3) is 0.625. The Bertz CT molecular complexity index is 463. The molecule has 0 saturated carbocycles. The van der Waals surface area contributed by atoms with Gasteiger partial charge in [0.15, 0.2) is 0 Å². The average molecular weight is 348 g/mol. The third-order valence-corrected chi connectivity index (χ3v) is 5.30. The molecule has 2 aliphatic rings. The van der Waals surface area contributed by atoms with Gasteiger partial charge in [-0.15, -0.1) is 12.4 Å². The number of likely N-dealkylation sites (tertiary alicyclic amines) is 1. The number of benzene rings is 1. The van der Waals surface area contributed by atoms with E-state index in [0.29, 0.717) is 6.04 Å². The maximum atomic E-state index is 9.72. The van der Waals surface area contributed by atoms with E-state index in [2.05, 4.69) is 24.1 Å². The first-order valence-electron chi connectivity index (χ1n) is 7.70. The fourth-order valence-corrected chi connectivity index (χ4v) is 3.92. The van der Waals surface area contributed by atoms with Crippen molar-refractivity contribution in [3.63, 3.8) is 0 Å². The van der Waals surface area contributed by atoms with Crippen molar-refractivity contribution in [1.82, 2.24) is 0 Å². The second-order valence-corrected chi connectivity index (χ2v) is 6.60. The molecule has 0 radical (unpaired) electrons. The van der Waals surface area contributed by atoms with Crippen molar-refractivity contribution in [2.45, 2.75) is 31.3 Å². The fourth-order valence-electron chi connectivity index (χ4n) is 3.92. The van der Waals surface area contributed by atoms with Crippen LogP contribution in [0.3, 0.4) is 0 Å². The van der Waals surface area contributed by atoms with Crippen LogP contribution in [0, 0.1) is 0 Å². The Morgan fingerprint density at radius 1 is 1.23 bits per heavy atom. The first-order valence-corrected chi connectivity index (χ1v) is 7.70. The minimum absolute atomic E-state index is 0. The molecule has 2 unspecified atom stereocenters. The number of rotatable bonds is 3. The third kappa shape index (κ3) is 3.62. The molecule has 0 amide bonds. The third-order valence-electron chi connectivity index (χ3n) is 5.30. The zero-order valence-corrected chi connectivity index (χ0v) is 14.7. The van der Waals surface area contributed by atoms with Crippen LogP contribution in [0.15, 0.2) is 24.3 Å². The predicted molar refractivity (Wildman–Crippen MR) is 89.9 cm³/mol. The van der Waals surface area contributed by atoms with Gasteiger partial charge >= 0.3 is 0 Å². The summed E-state index contributed by atoms with van der Waals surface area (Å²) >= 11 is 0. The van der Waals surface area contributed by atoms with E-state index in [1.165, 1.54) is 36.1 Å². The maximum absolute atomic E-state index is 9.72. The van der Waals surface area contributed by atoms with E-state index in [9.17, 15) is 5.11 Å². The Morgan fingerprint density at radius 3 is 2.36 bits per heavy atom. The van der Waals surface area contributed by atoms with E-state index >= 15 is 0 Å². The van der Waals surface area contributed by atoms with Gasteiger partial charge < -0.3 is 32.6 Å². The molecule has 22 heavy (non-hydrogen) atoms. The molecule has 2 aliphatic heterocycles. The van der Waals surface area contributed by atoms with Crippen molar-refractivity contribution < 1.29 is 22.0 Å². The van der Waals surface area contributed by atoms with Crippen molar-refractivity contribution in [1.29, 1.82) is 0 Å². The van der Waals surface area contributed by atoms with Gasteiger partial charge in [-0.1, -0.05) is 0 Å². The summed E-state index contributed by atoms with van der Waals surface area (Å²) < 4.78 is 1.18. The van der Waals surface area contributed by atoms with Gasteiger partial charge in [-0.2, -0.15) is 0 Å². The van der Waals surface area contributed by atoms with Crippen LogP contribution < -0.4 is 23.0 Å².